The van der Waals surface area contributed by atoms with Gasteiger partial charge < -0.3 is 0 Å². The lowest BCUT2D eigenvalue weighted by Crippen LogP contribution is -2.04. The monoisotopic (exact) mass is 318 g/mol. The van der Waals surface area contributed by atoms with Gasteiger partial charge in [-0.05, 0) is 31.2 Å². The zero-order valence-electron chi connectivity index (χ0n) is 10.5. The van der Waals surface area contributed by atoms with Gasteiger partial charge >= 0.3 is 0 Å². The summed E-state index contributed by atoms with van der Waals surface area (Å²) >= 11 is 1.15. The number of ketones is 1. The van der Waals surface area contributed by atoms with Crippen molar-refractivity contribution >= 4 is 23.2 Å². The molecule has 0 amide bonds. The van der Waals surface area contributed by atoms with Crippen LogP contribution in [0, 0.1) is 36.0 Å². The fourth-order valence-corrected chi connectivity index (χ4v) is 2.36. The molecule has 0 fully saturated rings. The first-order valence-corrected chi connectivity index (χ1v) is 6.45. The van der Waals surface area contributed by atoms with Gasteiger partial charge in [0.15, 0.2) is 29.1 Å². The molecule has 0 saturated heterocycles. The van der Waals surface area contributed by atoms with Gasteiger partial charge in [-0.3, -0.25) is 4.79 Å². The number of benzene rings is 1. The summed E-state index contributed by atoms with van der Waals surface area (Å²) in [5.74, 6) is -10.9. The van der Waals surface area contributed by atoms with Crippen LogP contribution in [0.3, 0.4) is 0 Å². The van der Waals surface area contributed by atoms with Crippen molar-refractivity contribution < 1.29 is 26.7 Å². The number of carbonyl (C=O) groups is 1. The molecular formula is C14H7F5OS. The average Bonchev–Trinajstić information content (AvgIpc) is 2.89. The minimum atomic E-state index is -2.23. The molecule has 110 valence electrons. The molecule has 21 heavy (non-hydrogen) atoms. The van der Waals surface area contributed by atoms with Crippen molar-refractivity contribution in [3.05, 3.63) is 62.6 Å². The van der Waals surface area contributed by atoms with Crippen molar-refractivity contribution in [2.75, 3.05) is 0 Å². The first-order valence-electron chi connectivity index (χ1n) is 5.63. The number of hydrogen-bond acceptors (Lipinski definition) is 2. The van der Waals surface area contributed by atoms with Crippen LogP contribution in [0.5, 0.6) is 0 Å². The quantitative estimate of drug-likeness (QED) is 0.265. The van der Waals surface area contributed by atoms with Crippen LogP contribution in [0.4, 0.5) is 22.0 Å². The molecule has 2 aromatic rings. The highest BCUT2D eigenvalue weighted by molar-refractivity contribution is 7.14. The molecule has 7 heteroatoms. The Kier molecular flexibility index (Phi) is 4.22. The van der Waals surface area contributed by atoms with E-state index in [-0.39, 0.29) is 0 Å². The molecule has 1 nitrogen and oxygen atoms in total. The molecular weight excluding hydrogens is 311 g/mol. The zero-order chi connectivity index (χ0) is 15.7. The number of aryl methyl sites for hydroxylation is 1. The summed E-state index contributed by atoms with van der Waals surface area (Å²) < 4.78 is 65.6. The van der Waals surface area contributed by atoms with Crippen molar-refractivity contribution in [1.29, 1.82) is 0 Å². The van der Waals surface area contributed by atoms with E-state index in [0.717, 1.165) is 22.3 Å². The van der Waals surface area contributed by atoms with Crippen molar-refractivity contribution in [3.63, 3.8) is 0 Å². The van der Waals surface area contributed by atoms with Gasteiger partial charge in [0.1, 0.15) is 0 Å². The van der Waals surface area contributed by atoms with Crippen LogP contribution in [-0.4, -0.2) is 5.78 Å². The number of rotatable bonds is 3. The molecule has 0 aliphatic heterocycles. The third-order valence-corrected chi connectivity index (χ3v) is 3.64. The molecule has 2 rings (SSSR count). The van der Waals surface area contributed by atoms with Crippen LogP contribution in [-0.2, 0) is 0 Å². The van der Waals surface area contributed by atoms with E-state index in [0.29, 0.717) is 11.0 Å². The normalized spacial score (nSPS) is 11.3. The molecule has 1 aromatic heterocycles. The summed E-state index contributed by atoms with van der Waals surface area (Å²) in [6, 6.07) is 3.18. The molecule has 0 saturated carbocycles. The molecule has 0 radical (unpaired) electrons. The van der Waals surface area contributed by atoms with Crippen molar-refractivity contribution in [3.8, 4) is 0 Å². The maximum atomic E-state index is 13.4. The van der Waals surface area contributed by atoms with Gasteiger partial charge in [-0.15, -0.1) is 11.3 Å². The Labute approximate surface area is 120 Å². The Balaban J connectivity index is 2.40. The Morgan fingerprint density at radius 2 is 1.48 bits per heavy atom. The largest absolute Gasteiger partial charge is 0.288 e. The molecule has 0 aliphatic rings. The summed E-state index contributed by atoms with van der Waals surface area (Å²) in [4.78, 5) is 12.9. The minimum absolute atomic E-state index is 0.299. The van der Waals surface area contributed by atoms with Crippen molar-refractivity contribution in [2.45, 2.75) is 6.92 Å². The molecule has 0 aliphatic carbocycles. The fourth-order valence-electron chi connectivity index (χ4n) is 1.58. The Morgan fingerprint density at radius 3 is 1.95 bits per heavy atom. The number of allylic oxidation sites excluding steroid dienone is 1. The Morgan fingerprint density at radius 1 is 0.952 bits per heavy atom. The van der Waals surface area contributed by atoms with Crippen LogP contribution in [0.2, 0.25) is 0 Å². The first-order chi connectivity index (χ1) is 9.82. The lowest BCUT2D eigenvalue weighted by Gasteiger charge is -2.03. The predicted octanol–water partition coefficient (Wildman–Crippen LogP) is 4.65. The number of halogens is 5. The predicted molar refractivity (Wildman–Crippen MR) is 68.7 cm³/mol. The lowest BCUT2D eigenvalue weighted by atomic mass is 10.1. The van der Waals surface area contributed by atoms with E-state index in [1.165, 1.54) is 6.07 Å². The third kappa shape index (κ3) is 2.87. The van der Waals surface area contributed by atoms with Crippen molar-refractivity contribution in [2.24, 2.45) is 0 Å². The summed E-state index contributed by atoms with van der Waals surface area (Å²) in [6.07, 6.45) is 1.34. The topological polar surface area (TPSA) is 17.1 Å². The van der Waals surface area contributed by atoms with E-state index in [1.54, 1.807) is 13.0 Å². The van der Waals surface area contributed by atoms with Gasteiger partial charge in [0, 0.05) is 4.88 Å². The fraction of sp³-hybridized carbons (Fsp3) is 0.0714. The van der Waals surface area contributed by atoms with Gasteiger partial charge in [-0.1, -0.05) is 0 Å². The molecule has 0 spiro atoms. The van der Waals surface area contributed by atoms with Crippen molar-refractivity contribution in [1.82, 2.24) is 0 Å². The SMILES string of the molecule is Cc1ccc(C(=O)/C=C/c2c(F)c(F)c(F)c(F)c2F)s1. The summed E-state index contributed by atoms with van der Waals surface area (Å²) in [6.45, 7) is 1.76. The highest BCUT2D eigenvalue weighted by atomic mass is 32.1. The first kappa shape index (κ1) is 15.4. The minimum Gasteiger partial charge on any atom is -0.288 e. The molecule has 1 heterocycles. The second kappa shape index (κ2) is 5.77. The zero-order valence-corrected chi connectivity index (χ0v) is 11.3. The van der Waals surface area contributed by atoms with E-state index in [2.05, 4.69) is 0 Å². The van der Waals surface area contributed by atoms with Crippen LogP contribution in [0.25, 0.3) is 6.08 Å². The van der Waals surface area contributed by atoms with Gasteiger partial charge in [-0.2, -0.15) is 0 Å². The second-order valence-corrected chi connectivity index (χ2v) is 5.38. The Bertz CT molecular complexity index is 719. The van der Waals surface area contributed by atoms with Gasteiger partial charge in [-0.25, -0.2) is 22.0 Å². The Hall–Kier alpha value is -2.02. The number of hydrogen-bond donors (Lipinski definition) is 0. The molecule has 0 atom stereocenters. The smallest absolute Gasteiger partial charge is 0.200 e. The van der Waals surface area contributed by atoms with E-state index >= 15 is 0 Å². The highest BCUT2D eigenvalue weighted by Crippen LogP contribution is 2.24. The maximum Gasteiger partial charge on any atom is 0.200 e. The highest BCUT2D eigenvalue weighted by Gasteiger charge is 2.24. The van der Waals surface area contributed by atoms with Crippen LogP contribution in [0.15, 0.2) is 18.2 Å². The van der Waals surface area contributed by atoms with Gasteiger partial charge in [0.25, 0.3) is 0 Å². The summed E-state index contributed by atoms with van der Waals surface area (Å²) in [7, 11) is 0. The molecule has 0 bridgehead atoms. The van der Waals surface area contributed by atoms with Crippen LogP contribution >= 0.6 is 11.3 Å². The van der Waals surface area contributed by atoms with Crippen LogP contribution < -0.4 is 0 Å². The summed E-state index contributed by atoms with van der Waals surface area (Å²) in [5.41, 5.74) is -1.15. The van der Waals surface area contributed by atoms with E-state index in [9.17, 15) is 26.7 Å². The third-order valence-electron chi connectivity index (χ3n) is 2.63. The molecule has 0 N–H and O–H groups in total. The lowest BCUT2D eigenvalue weighted by molar-refractivity contribution is 0.105. The van der Waals surface area contributed by atoms with E-state index in [1.807, 2.05) is 0 Å². The van der Waals surface area contributed by atoms with E-state index < -0.39 is 40.4 Å². The second-order valence-electron chi connectivity index (χ2n) is 4.09. The maximum absolute atomic E-state index is 13.4. The van der Waals surface area contributed by atoms with Gasteiger partial charge in [0.05, 0.1) is 10.4 Å². The molecule has 1 aromatic carbocycles. The van der Waals surface area contributed by atoms with Crippen LogP contribution in [0.1, 0.15) is 20.1 Å². The average molecular weight is 318 g/mol. The number of carbonyl (C=O) groups excluding carboxylic acids is 1. The van der Waals surface area contributed by atoms with Gasteiger partial charge in [0.2, 0.25) is 5.82 Å². The standard InChI is InChI=1S/C14H7F5OS/c1-6-2-5-9(21-6)8(20)4-3-7-10(15)12(17)14(19)13(18)11(7)16/h2-5H,1H3/b4-3+. The van der Waals surface area contributed by atoms with E-state index in [4.69, 9.17) is 0 Å². The number of thiophene rings is 1. The molecule has 0 unspecified atom stereocenters. The summed E-state index contributed by atoms with van der Waals surface area (Å²) in [5, 5.41) is 0.